The van der Waals surface area contributed by atoms with Gasteiger partial charge in [0.2, 0.25) is 5.36 Å². The van der Waals surface area contributed by atoms with Gasteiger partial charge in [-0.05, 0) is 211 Å². The molecule has 0 bridgehead atoms. The van der Waals surface area contributed by atoms with Gasteiger partial charge in [-0.25, -0.2) is 44.8 Å². The van der Waals surface area contributed by atoms with Crippen molar-refractivity contribution >= 4 is 225 Å². The Hall–Kier alpha value is -11.0. The smallest absolute Gasteiger partial charge is 0.339 e. The van der Waals surface area contributed by atoms with Crippen LogP contribution >= 0.6 is 122 Å². The molecule has 0 atom stereocenters. The van der Waals surface area contributed by atoms with Gasteiger partial charge in [0.15, 0.2) is 11.0 Å². The number of halogens is 10. The van der Waals surface area contributed by atoms with Gasteiger partial charge in [-0.15, -0.1) is 5.10 Å². The Morgan fingerprint density at radius 3 is 1.42 bits per heavy atom. The van der Waals surface area contributed by atoms with Gasteiger partial charge in [-0.1, -0.05) is 108 Å². The minimum Gasteiger partial charge on any atom is -0.744 e. The van der Waals surface area contributed by atoms with Gasteiger partial charge in [-0.2, -0.15) is 35.5 Å². The molecule has 35 nitrogen and oxygen atoms in total. The number of fused-ring (bicyclic) bond motifs is 12. The van der Waals surface area contributed by atoms with Gasteiger partial charge in [0.25, 0.3) is 36.8 Å². The number of anilines is 1. The number of amides is 2. The first-order chi connectivity index (χ1) is 65.9. The van der Waals surface area contributed by atoms with Crippen molar-refractivity contribution in [3.05, 3.63) is 290 Å². The molecule has 9 aromatic rings. The second kappa shape index (κ2) is 45.1. The van der Waals surface area contributed by atoms with Crippen molar-refractivity contribution in [2.75, 3.05) is 5.43 Å². The summed E-state index contributed by atoms with van der Waals surface area (Å²) in [7, 11) is -17.6. The molecule has 750 valence electrons. The second-order valence-corrected chi connectivity index (χ2v) is 62.4. The van der Waals surface area contributed by atoms with E-state index in [9.17, 15) is 76.2 Å². The van der Waals surface area contributed by atoms with Crippen LogP contribution in [0.15, 0.2) is 290 Å². The maximum Gasteiger partial charge on any atom is 0.339 e. The van der Waals surface area contributed by atoms with Crippen molar-refractivity contribution in [1.29, 1.82) is 5.53 Å². The van der Waals surface area contributed by atoms with Crippen LogP contribution in [-0.4, -0.2) is 87.9 Å². The summed E-state index contributed by atoms with van der Waals surface area (Å²) in [6, 6.07) is 63.7. The molecular formula is C91H82Cl10N10O25P2S4. The maximum absolute atomic E-state index is 12.8. The number of rotatable bonds is 10. The molecule has 0 saturated heterocycles. The van der Waals surface area contributed by atoms with Gasteiger partial charge < -0.3 is 47.3 Å². The van der Waals surface area contributed by atoms with E-state index in [1.54, 1.807) is 224 Å². The van der Waals surface area contributed by atoms with E-state index in [2.05, 4.69) is 64.6 Å². The molecule has 0 aromatic heterocycles. The number of nitrogens with one attached hydrogen (secondary N) is 5. The number of hydrogen-bond donors (Lipinski definition) is 11. The number of benzene rings is 12. The molecule has 142 heavy (non-hydrogen) atoms. The molecule has 3 aliphatic carbocycles. The van der Waals surface area contributed by atoms with E-state index in [0.717, 1.165) is 0 Å². The summed E-state index contributed by atoms with van der Waals surface area (Å²) >= 11 is 51.0. The molecule has 1 spiro atoms. The molecule has 9 aromatic carbocycles. The topological polar surface area (TPSA) is 568 Å². The Morgan fingerprint density at radius 2 is 0.972 bits per heavy atom. The summed E-state index contributed by atoms with van der Waals surface area (Å²) in [5.74, 6) is 17.6. The third-order valence-electron chi connectivity index (χ3n) is 19.1. The first-order valence-corrected chi connectivity index (χ1v) is 58.0. The van der Waals surface area contributed by atoms with Crippen molar-refractivity contribution in [3.63, 3.8) is 0 Å². The van der Waals surface area contributed by atoms with Crippen LogP contribution in [0, 0.1) is 5.53 Å². The SMILES string of the molecule is CC(C)(C)OC(=O)N/N=c1\ccc2c(-c3ccccc3S(=O)(=O)O)c3ccc(N=N)cc3oc-2c1.CC(C)(C)OC(=O)NN.CC(C)(C)OC=O.ClP(Cl)(Cl)(Cl)Cl.NNc1ccc2c(-c3ccccc3S(=O)(=O)[O-])c3ccc(=[NH+]N)cc-3oc2c1.O=P(Cl)(Cl)Cl.O=S1(=O)OC2(c3ccc(Cl)cc3Oc3cc(Cl)ccc32)c2ccccc21.O=c1ccc2c(-c3ccccc3S(=O)(=O)O)c3ccc(O)cc3oc-2c1. The number of phenols is 1. The molecule has 17 rings (SSSR count). The summed E-state index contributed by atoms with van der Waals surface area (Å²) in [6.07, 6.45) is -1.33. The van der Waals surface area contributed by atoms with Gasteiger partial charge in [0.1, 0.15) is 92.9 Å². The van der Waals surface area contributed by atoms with Crippen LogP contribution in [0.1, 0.15) is 79.0 Å². The van der Waals surface area contributed by atoms with Crippen LogP contribution in [0.25, 0.3) is 100 Å². The molecule has 14 N–H and O–H groups in total. The quantitative estimate of drug-likeness (QED) is 0.00579. The van der Waals surface area contributed by atoms with Gasteiger partial charge in [0, 0.05) is 129 Å². The number of carbonyl (C=O) groups is 3. The Kier molecular flexibility index (Phi) is 35.9. The molecule has 8 aliphatic rings. The molecule has 5 aliphatic heterocycles. The van der Waals surface area contributed by atoms with Crippen LogP contribution in [0.2, 0.25) is 10.0 Å². The van der Waals surface area contributed by atoms with Gasteiger partial charge in [0.05, 0.1) is 27.7 Å². The molecule has 51 heteroatoms. The largest absolute Gasteiger partial charge is 0.744 e. The summed E-state index contributed by atoms with van der Waals surface area (Å²) in [5, 5.41) is 20.2. The third-order valence-corrected chi connectivity index (χ3v) is 23.6. The van der Waals surface area contributed by atoms with E-state index in [1.165, 1.54) is 60.7 Å². The number of nitrogens with two attached hydrogens (primary N) is 3. The maximum atomic E-state index is 12.8. The monoisotopic (exact) mass is 2250 g/mol. The first kappa shape index (κ1) is 113. The average molecular weight is 2260 g/mol. The zero-order valence-electron chi connectivity index (χ0n) is 74.9. The zero-order chi connectivity index (χ0) is 105. The molecule has 0 radical (unpaired) electrons. The molecule has 0 unspecified atom stereocenters. The Balaban J connectivity index is 0.000000179. The molecule has 5 heterocycles. The minimum absolute atomic E-state index is 0.0344. The van der Waals surface area contributed by atoms with Crippen LogP contribution < -0.4 is 59.8 Å². The predicted molar refractivity (Wildman–Crippen MR) is 546 cm³/mol. The van der Waals surface area contributed by atoms with E-state index in [4.69, 9.17) is 134 Å². The number of hydrazine groups is 3. The van der Waals surface area contributed by atoms with Crippen LogP contribution in [0.4, 0.5) is 21.0 Å². The van der Waals surface area contributed by atoms with Crippen LogP contribution in [0.3, 0.4) is 0 Å². The van der Waals surface area contributed by atoms with E-state index < -0.39 is 78.0 Å². The van der Waals surface area contributed by atoms with Crippen molar-refractivity contribution in [1.82, 2.24) is 10.9 Å². The van der Waals surface area contributed by atoms with Crippen molar-refractivity contribution < 1.29 is 113 Å². The fourth-order valence-electron chi connectivity index (χ4n) is 14.0. The van der Waals surface area contributed by atoms with Crippen molar-refractivity contribution in [3.8, 4) is 84.6 Å². The third kappa shape index (κ3) is 30.3. The standard InChI is InChI=1S/C24H22N4O6S.C19H10Cl2O4S.C19H16N4O4S.C19H12O6S.C5H12N2O2.C5H10O2.Cl5P.Cl3OP/c1-24(2,3)34-23(29)28-27-15-9-11-17-20(13-15)33-19-12-14(26-25)8-10-16(19)22(17)18-6-4-5-7-21(18)35(30,31)32;20-11-5-7-13-16(9-11)24-17-10-12(21)6-8-14(17)19(13)15-3-1-2-4-18(15)26(22,23)25-19;20-22-11-5-7-13-16(9-11)27-17-10-12(23-21)6-8-14(17)19(13)15-3-1-2-4-18(15)28(24,25)26;20-11-5-7-13-16(9-11)25-17-10-12(21)6-8-14(17)19(13)15-3-1-2-4-18(15)26(22,23)24;1-5(2,3)9-4(8)7-6;1-5(2,3)7-4-6;1-6(2,3,4)5;1-5(2,3)4/h4-13,25H,1-3H3,(H,28,29)(H,30,31,32);1-10H;1-10,22H,20-21H2,(H,24,25,26);1-10,20H,(H,22,23,24);6H2,1-3H3,(H,7,8);4H,1-3H3;;/b26-25?,27-15+;;;;;;;. The van der Waals surface area contributed by atoms with E-state index >= 15 is 0 Å². The van der Waals surface area contributed by atoms with Gasteiger partial charge in [-0.3, -0.25) is 34.5 Å². The van der Waals surface area contributed by atoms with E-state index in [0.29, 0.717) is 145 Å². The normalized spacial score (nSPS) is 13.5. The molecule has 0 fully saturated rings. The number of nitrogens with zero attached hydrogens (tertiary/aromatic N) is 2. The number of carbonyl (C=O) groups excluding carboxylic acids is 3. The Morgan fingerprint density at radius 1 is 0.542 bits per heavy atom. The minimum atomic E-state index is -4.69. The van der Waals surface area contributed by atoms with Crippen molar-refractivity contribution in [2.45, 2.75) is 104 Å². The van der Waals surface area contributed by atoms with Crippen LogP contribution in [0.5, 0.6) is 17.2 Å². The molecule has 0 saturated carbocycles. The fraction of sp³-hybridized carbons (Fsp3) is 0.143. The second-order valence-electron chi connectivity index (χ2n) is 32.7. The zero-order valence-corrected chi connectivity index (χ0v) is 87.5. The van der Waals surface area contributed by atoms with Crippen LogP contribution in [-0.2, 0) is 73.8 Å². The number of ether oxygens (including phenoxy) is 4. The summed E-state index contributed by atoms with van der Waals surface area (Å²) in [4.78, 5) is 43.0. The van der Waals surface area contributed by atoms with E-state index in [-0.39, 0.29) is 58.8 Å². The molecular weight excluding hydrogens is 2180 g/mol. The van der Waals surface area contributed by atoms with Crippen molar-refractivity contribution in [2.24, 2.45) is 27.7 Å². The Bertz CT molecular complexity index is 7970. The first-order valence-electron chi connectivity index (χ1n) is 40.4. The number of phenolic OH excluding ortho intramolecular Hbond substituents is 1. The van der Waals surface area contributed by atoms with Gasteiger partial charge >= 0.3 is 77.0 Å². The summed E-state index contributed by atoms with van der Waals surface area (Å²) in [6.45, 7) is 16.4. The number of hydrogen-bond acceptors (Lipinski definition) is 30. The summed E-state index contributed by atoms with van der Waals surface area (Å²) in [5.41, 5.74) is 18.7. The number of aromatic hydroxyl groups is 1. The summed E-state index contributed by atoms with van der Waals surface area (Å²) < 4.78 is 178. The Labute approximate surface area is 859 Å². The molecule has 2 amide bonds. The fourth-order valence-corrected chi connectivity index (χ4v) is 17.8. The average Bonchev–Trinajstić information content (AvgIpc) is 1.55. The number of nitrogen functional groups attached to an aromatic ring is 1. The van der Waals surface area contributed by atoms with E-state index in [1.807, 2.05) is 26.2 Å². The predicted octanol–water partition coefficient (Wildman–Crippen LogP) is 22.8.